The molecule has 0 aliphatic carbocycles. The molecule has 2 amide bonds. The topological polar surface area (TPSA) is 91.3 Å². The highest BCUT2D eigenvalue weighted by Gasteiger charge is 2.07. The van der Waals surface area contributed by atoms with E-state index in [4.69, 9.17) is 5.11 Å². The molecule has 2 rings (SSSR count). The van der Waals surface area contributed by atoms with Crippen LogP contribution in [0.1, 0.15) is 10.5 Å². The summed E-state index contributed by atoms with van der Waals surface area (Å²) in [5.74, 6) is -1.15. The van der Waals surface area contributed by atoms with E-state index in [2.05, 4.69) is 15.6 Å². The minimum Gasteiger partial charge on any atom is -0.477 e. The van der Waals surface area contributed by atoms with Crippen molar-refractivity contribution in [2.45, 2.75) is 0 Å². The molecule has 0 atom stereocenters. The van der Waals surface area contributed by atoms with Crippen molar-refractivity contribution in [3.05, 3.63) is 54.4 Å². The van der Waals surface area contributed by atoms with Gasteiger partial charge in [0, 0.05) is 17.6 Å². The Labute approximate surface area is 109 Å². The first-order chi connectivity index (χ1) is 9.15. The summed E-state index contributed by atoms with van der Waals surface area (Å²) in [6.45, 7) is 0. The Balaban J connectivity index is 2.03. The summed E-state index contributed by atoms with van der Waals surface area (Å²) in [7, 11) is 0. The molecule has 96 valence electrons. The van der Waals surface area contributed by atoms with Crippen LogP contribution >= 0.6 is 0 Å². The van der Waals surface area contributed by atoms with Gasteiger partial charge in [-0.1, -0.05) is 18.2 Å². The summed E-state index contributed by atoms with van der Waals surface area (Å²) in [5, 5.41) is 13.9. The molecule has 0 radical (unpaired) electrons. The van der Waals surface area contributed by atoms with Crippen molar-refractivity contribution in [2.24, 2.45) is 0 Å². The maximum absolute atomic E-state index is 11.7. The van der Waals surface area contributed by atoms with Gasteiger partial charge in [0.05, 0.1) is 0 Å². The molecule has 0 saturated carbocycles. The minimum absolute atomic E-state index is 0.127. The van der Waals surface area contributed by atoms with Gasteiger partial charge >= 0.3 is 12.0 Å². The number of pyridine rings is 1. The lowest BCUT2D eigenvalue weighted by Crippen LogP contribution is -2.19. The lowest BCUT2D eigenvalue weighted by Gasteiger charge is -2.07. The van der Waals surface area contributed by atoms with Crippen molar-refractivity contribution in [3.8, 4) is 0 Å². The van der Waals surface area contributed by atoms with Crippen molar-refractivity contribution in [2.75, 3.05) is 10.6 Å². The van der Waals surface area contributed by atoms with Crippen molar-refractivity contribution in [3.63, 3.8) is 0 Å². The van der Waals surface area contributed by atoms with Crippen LogP contribution in [0.3, 0.4) is 0 Å². The number of hydrogen-bond acceptors (Lipinski definition) is 3. The van der Waals surface area contributed by atoms with E-state index in [1.54, 1.807) is 24.3 Å². The molecule has 1 aromatic heterocycles. The van der Waals surface area contributed by atoms with Crippen LogP contribution in [0.5, 0.6) is 0 Å². The first kappa shape index (κ1) is 12.6. The molecule has 0 aliphatic heterocycles. The normalized spacial score (nSPS) is 9.68. The summed E-state index contributed by atoms with van der Waals surface area (Å²) in [4.78, 5) is 26.1. The molecule has 1 aromatic carbocycles. The van der Waals surface area contributed by atoms with E-state index in [0.29, 0.717) is 11.4 Å². The number of carbonyl (C=O) groups is 2. The lowest BCUT2D eigenvalue weighted by molar-refractivity contribution is 0.0690. The maximum Gasteiger partial charge on any atom is 0.354 e. The van der Waals surface area contributed by atoms with Crippen LogP contribution in [0, 0.1) is 0 Å². The summed E-state index contributed by atoms with van der Waals surface area (Å²) in [6, 6.07) is 11.3. The predicted molar refractivity (Wildman–Crippen MR) is 70.3 cm³/mol. The van der Waals surface area contributed by atoms with Crippen molar-refractivity contribution in [1.29, 1.82) is 0 Å². The smallest absolute Gasteiger partial charge is 0.354 e. The maximum atomic E-state index is 11.7. The standard InChI is InChI=1S/C13H11N3O3/c17-12(18)11-8-10(6-7-14-11)16-13(19)15-9-4-2-1-3-5-9/h1-8H,(H,17,18)(H2,14,15,16,19). The fraction of sp³-hybridized carbons (Fsp3) is 0. The number of nitrogens with zero attached hydrogens (tertiary/aromatic N) is 1. The zero-order chi connectivity index (χ0) is 13.7. The zero-order valence-electron chi connectivity index (χ0n) is 9.83. The third-order valence-corrected chi connectivity index (χ3v) is 2.27. The van der Waals surface area contributed by atoms with Gasteiger partial charge in [0.1, 0.15) is 5.69 Å². The van der Waals surface area contributed by atoms with E-state index >= 15 is 0 Å². The van der Waals surface area contributed by atoms with Gasteiger partial charge in [0.2, 0.25) is 0 Å². The number of carbonyl (C=O) groups excluding carboxylic acids is 1. The highest BCUT2D eigenvalue weighted by Crippen LogP contribution is 2.10. The fourth-order valence-electron chi connectivity index (χ4n) is 1.44. The highest BCUT2D eigenvalue weighted by molar-refractivity contribution is 6.00. The van der Waals surface area contributed by atoms with Gasteiger partial charge in [0.25, 0.3) is 0 Å². The van der Waals surface area contributed by atoms with Crippen LogP contribution in [-0.4, -0.2) is 22.1 Å². The third kappa shape index (κ3) is 3.53. The third-order valence-electron chi connectivity index (χ3n) is 2.27. The molecule has 2 aromatic rings. The first-order valence-corrected chi connectivity index (χ1v) is 5.47. The Morgan fingerprint density at radius 3 is 2.37 bits per heavy atom. The van der Waals surface area contributed by atoms with Crippen molar-refractivity contribution >= 4 is 23.4 Å². The number of para-hydroxylation sites is 1. The first-order valence-electron chi connectivity index (χ1n) is 5.47. The van der Waals surface area contributed by atoms with Crippen LogP contribution in [0.15, 0.2) is 48.7 Å². The quantitative estimate of drug-likeness (QED) is 0.787. The van der Waals surface area contributed by atoms with E-state index in [-0.39, 0.29) is 5.69 Å². The van der Waals surface area contributed by atoms with E-state index in [0.717, 1.165) is 0 Å². The summed E-state index contributed by atoms with van der Waals surface area (Å²) < 4.78 is 0. The van der Waals surface area contributed by atoms with Crippen LogP contribution < -0.4 is 10.6 Å². The van der Waals surface area contributed by atoms with Gasteiger partial charge in [0.15, 0.2) is 0 Å². The molecule has 6 heteroatoms. The SMILES string of the molecule is O=C(Nc1ccccc1)Nc1ccnc(C(=O)O)c1. The van der Waals surface area contributed by atoms with Crippen LogP contribution in [0.4, 0.5) is 16.2 Å². The Hall–Kier alpha value is -2.89. The molecular weight excluding hydrogens is 246 g/mol. The molecule has 19 heavy (non-hydrogen) atoms. The van der Waals surface area contributed by atoms with Gasteiger partial charge in [-0.05, 0) is 24.3 Å². The number of hydrogen-bond donors (Lipinski definition) is 3. The Morgan fingerprint density at radius 2 is 1.68 bits per heavy atom. The second kappa shape index (κ2) is 5.63. The van der Waals surface area contributed by atoms with Gasteiger partial charge in [-0.15, -0.1) is 0 Å². The lowest BCUT2D eigenvalue weighted by atomic mass is 10.3. The number of benzene rings is 1. The number of rotatable bonds is 3. The second-order valence-electron chi connectivity index (χ2n) is 3.68. The molecule has 0 unspecified atom stereocenters. The van der Waals surface area contributed by atoms with Crippen LogP contribution in [0.2, 0.25) is 0 Å². The van der Waals surface area contributed by atoms with E-state index in [9.17, 15) is 9.59 Å². The van der Waals surface area contributed by atoms with Crippen molar-refractivity contribution in [1.82, 2.24) is 4.98 Å². The zero-order valence-corrected chi connectivity index (χ0v) is 9.83. The van der Waals surface area contributed by atoms with Gasteiger partial charge in [-0.3, -0.25) is 0 Å². The van der Waals surface area contributed by atoms with Gasteiger partial charge < -0.3 is 15.7 Å². The Morgan fingerprint density at radius 1 is 1.00 bits per heavy atom. The summed E-state index contributed by atoms with van der Waals surface area (Å²) in [5.41, 5.74) is 0.880. The number of aromatic carboxylic acids is 1. The number of carboxylic acids is 1. The minimum atomic E-state index is -1.15. The molecular formula is C13H11N3O3. The molecule has 6 nitrogen and oxygen atoms in total. The molecule has 0 saturated heterocycles. The molecule has 1 heterocycles. The molecule has 0 bridgehead atoms. The van der Waals surface area contributed by atoms with Gasteiger partial charge in [-0.25, -0.2) is 14.6 Å². The van der Waals surface area contributed by atoms with Crippen LogP contribution in [-0.2, 0) is 0 Å². The number of urea groups is 1. The molecule has 0 aliphatic rings. The summed E-state index contributed by atoms with van der Waals surface area (Å²) >= 11 is 0. The molecule has 0 spiro atoms. The Bertz CT molecular complexity index is 599. The number of aromatic nitrogens is 1. The average Bonchev–Trinajstić information content (AvgIpc) is 2.40. The number of anilines is 2. The van der Waals surface area contributed by atoms with Gasteiger partial charge in [-0.2, -0.15) is 0 Å². The average molecular weight is 257 g/mol. The summed E-state index contributed by atoms with van der Waals surface area (Å²) in [6.07, 6.45) is 1.32. The predicted octanol–water partition coefficient (Wildman–Crippen LogP) is 2.42. The largest absolute Gasteiger partial charge is 0.477 e. The molecule has 3 N–H and O–H groups in total. The van der Waals surface area contributed by atoms with E-state index in [1.165, 1.54) is 18.3 Å². The second-order valence-corrected chi connectivity index (χ2v) is 3.68. The number of amides is 2. The Kier molecular flexibility index (Phi) is 3.72. The number of carboxylic acid groups (broad SMARTS) is 1. The van der Waals surface area contributed by atoms with Crippen LogP contribution in [0.25, 0.3) is 0 Å². The van der Waals surface area contributed by atoms with E-state index in [1.807, 2.05) is 6.07 Å². The van der Waals surface area contributed by atoms with E-state index < -0.39 is 12.0 Å². The highest BCUT2D eigenvalue weighted by atomic mass is 16.4. The fourth-order valence-corrected chi connectivity index (χ4v) is 1.44. The van der Waals surface area contributed by atoms with Crippen molar-refractivity contribution < 1.29 is 14.7 Å². The molecule has 0 fully saturated rings. The number of nitrogens with one attached hydrogen (secondary N) is 2. The monoisotopic (exact) mass is 257 g/mol.